The highest BCUT2D eigenvalue weighted by Gasteiger charge is 2.59. The van der Waals surface area contributed by atoms with E-state index in [9.17, 15) is 14.7 Å². The Morgan fingerprint density at radius 2 is 1.82 bits per heavy atom. The molecule has 4 fully saturated rings. The third kappa shape index (κ3) is 4.80. The topological polar surface area (TPSA) is 86.6 Å². The van der Waals surface area contributed by atoms with Gasteiger partial charge in [-0.15, -0.1) is 0 Å². The van der Waals surface area contributed by atoms with E-state index in [-0.39, 0.29) is 17.9 Å². The lowest BCUT2D eigenvalue weighted by molar-refractivity contribution is -0.133. The van der Waals surface area contributed by atoms with Crippen LogP contribution in [0, 0.1) is 40.4 Å². The van der Waals surface area contributed by atoms with Crippen molar-refractivity contribution >= 4 is 11.8 Å². The Bertz CT molecular complexity index is 1130. The molecule has 3 saturated carbocycles. The summed E-state index contributed by atoms with van der Waals surface area (Å²) in [5.41, 5.74) is 2.64. The Kier molecular flexibility index (Phi) is 7.56. The van der Waals surface area contributed by atoms with Crippen molar-refractivity contribution in [2.45, 2.75) is 91.1 Å². The Labute approximate surface area is 239 Å². The van der Waals surface area contributed by atoms with Crippen molar-refractivity contribution < 1.29 is 14.7 Å². The molecule has 40 heavy (non-hydrogen) atoms. The van der Waals surface area contributed by atoms with Crippen molar-refractivity contribution in [1.82, 2.24) is 19.8 Å². The Hall–Kier alpha value is -2.28. The van der Waals surface area contributed by atoms with E-state index in [2.05, 4.69) is 36.8 Å². The lowest BCUT2D eigenvalue weighted by Gasteiger charge is -2.58. The summed E-state index contributed by atoms with van der Waals surface area (Å²) in [5, 5.41) is 10.3. The van der Waals surface area contributed by atoms with Crippen LogP contribution in [0.1, 0.15) is 95.5 Å². The average Bonchev–Trinajstić information content (AvgIpc) is 3.33. The van der Waals surface area contributed by atoms with Crippen molar-refractivity contribution in [2.24, 2.45) is 40.4 Å². The fourth-order valence-electron chi connectivity index (χ4n) is 10.1. The van der Waals surface area contributed by atoms with Crippen LogP contribution in [0.5, 0.6) is 0 Å². The number of carbonyl (C=O) groups is 2. The van der Waals surface area contributed by atoms with Crippen LogP contribution in [0.15, 0.2) is 30.2 Å². The first-order chi connectivity index (χ1) is 19.2. The number of amides is 2. The van der Waals surface area contributed by atoms with E-state index in [1.54, 1.807) is 22.7 Å². The maximum Gasteiger partial charge on any atom is 0.272 e. The zero-order valence-electron chi connectivity index (χ0n) is 24.7. The summed E-state index contributed by atoms with van der Waals surface area (Å²) in [6, 6.07) is 1.64. The molecule has 8 atom stereocenters. The van der Waals surface area contributed by atoms with Gasteiger partial charge >= 0.3 is 0 Å². The molecule has 1 aromatic rings. The highest BCUT2D eigenvalue weighted by molar-refractivity contribution is 5.92. The molecule has 7 nitrogen and oxygen atoms in total. The summed E-state index contributed by atoms with van der Waals surface area (Å²) in [6.07, 6.45) is 16.4. The van der Waals surface area contributed by atoms with Gasteiger partial charge in [0.25, 0.3) is 5.91 Å². The van der Waals surface area contributed by atoms with Gasteiger partial charge in [0, 0.05) is 38.8 Å². The van der Waals surface area contributed by atoms with Crippen LogP contribution in [-0.2, 0) is 4.79 Å². The summed E-state index contributed by atoms with van der Waals surface area (Å²) in [4.78, 5) is 37.6. The minimum absolute atomic E-state index is 0.0818. The normalized spacial score (nSPS) is 38.1. The Morgan fingerprint density at radius 1 is 1.05 bits per heavy atom. The number of aliphatic hydroxyl groups excluding tert-OH is 1. The van der Waals surface area contributed by atoms with E-state index in [1.807, 2.05) is 4.90 Å². The van der Waals surface area contributed by atoms with Crippen LogP contribution in [0.25, 0.3) is 0 Å². The predicted molar refractivity (Wildman–Crippen MR) is 154 cm³/mol. The molecule has 0 radical (unpaired) electrons. The SMILES string of the molecule is CC(CCC(=O)N1CCN(C(=O)c2ccncn2)CC1)[C@H]1CC[C@H]2[C@@H]3CC=C4C[C@@H](O)CC[C@]4(C)[C@H]3CC[C@]12C. The summed E-state index contributed by atoms with van der Waals surface area (Å²) < 4.78 is 0. The van der Waals surface area contributed by atoms with Gasteiger partial charge in [0.15, 0.2) is 0 Å². The number of rotatable bonds is 5. The van der Waals surface area contributed by atoms with Gasteiger partial charge in [-0.2, -0.15) is 0 Å². The lowest BCUT2D eigenvalue weighted by atomic mass is 9.47. The van der Waals surface area contributed by atoms with Gasteiger partial charge in [-0.05, 0) is 104 Å². The number of piperazine rings is 1. The van der Waals surface area contributed by atoms with Gasteiger partial charge in [-0.3, -0.25) is 9.59 Å². The maximum atomic E-state index is 13.2. The monoisotopic (exact) mass is 548 g/mol. The highest BCUT2D eigenvalue weighted by Crippen LogP contribution is 2.67. The Balaban J connectivity index is 1.02. The molecule has 1 aliphatic heterocycles. The zero-order valence-corrected chi connectivity index (χ0v) is 24.7. The summed E-state index contributed by atoms with van der Waals surface area (Å²) in [7, 11) is 0. The number of aromatic nitrogens is 2. The van der Waals surface area contributed by atoms with Gasteiger partial charge in [0.1, 0.15) is 12.0 Å². The molecule has 2 amide bonds. The molecule has 218 valence electrons. The first-order valence-corrected chi connectivity index (χ1v) is 15.9. The van der Waals surface area contributed by atoms with E-state index in [0.29, 0.717) is 61.0 Å². The van der Waals surface area contributed by atoms with Crippen LogP contribution >= 0.6 is 0 Å². The smallest absolute Gasteiger partial charge is 0.272 e. The Morgan fingerprint density at radius 3 is 2.58 bits per heavy atom. The van der Waals surface area contributed by atoms with Crippen molar-refractivity contribution in [3.8, 4) is 0 Å². The maximum absolute atomic E-state index is 13.2. The molecule has 7 heteroatoms. The van der Waals surface area contributed by atoms with E-state index in [4.69, 9.17) is 0 Å². The fourth-order valence-corrected chi connectivity index (χ4v) is 10.1. The summed E-state index contributed by atoms with van der Waals surface area (Å²) in [6.45, 7) is 9.81. The van der Waals surface area contributed by atoms with Gasteiger partial charge in [-0.25, -0.2) is 9.97 Å². The quantitative estimate of drug-likeness (QED) is 0.517. The minimum Gasteiger partial charge on any atom is -0.393 e. The molecule has 2 heterocycles. The van der Waals surface area contributed by atoms with Crippen LogP contribution in [0.4, 0.5) is 0 Å². The van der Waals surface area contributed by atoms with Crippen LogP contribution in [0.2, 0.25) is 0 Å². The predicted octanol–water partition coefficient (Wildman–Crippen LogP) is 5.12. The summed E-state index contributed by atoms with van der Waals surface area (Å²) in [5.74, 6) is 3.74. The second-order valence-corrected chi connectivity index (χ2v) is 14.2. The van der Waals surface area contributed by atoms with Crippen molar-refractivity contribution in [2.75, 3.05) is 26.2 Å². The van der Waals surface area contributed by atoms with Crippen molar-refractivity contribution in [3.05, 3.63) is 35.9 Å². The number of hydrogen-bond acceptors (Lipinski definition) is 5. The van der Waals surface area contributed by atoms with E-state index >= 15 is 0 Å². The molecule has 1 saturated heterocycles. The van der Waals surface area contributed by atoms with Crippen LogP contribution < -0.4 is 0 Å². The molecule has 4 aliphatic carbocycles. The molecule has 6 rings (SSSR count). The van der Waals surface area contributed by atoms with Gasteiger partial charge < -0.3 is 14.9 Å². The molecule has 1 aromatic heterocycles. The van der Waals surface area contributed by atoms with Gasteiger partial charge in [0.05, 0.1) is 6.10 Å². The van der Waals surface area contributed by atoms with E-state index in [1.165, 1.54) is 38.4 Å². The van der Waals surface area contributed by atoms with E-state index in [0.717, 1.165) is 43.4 Å². The number of carbonyl (C=O) groups excluding carboxylic acids is 2. The lowest BCUT2D eigenvalue weighted by Crippen LogP contribution is -2.51. The first kappa shape index (κ1) is 27.9. The van der Waals surface area contributed by atoms with Gasteiger partial charge in [0.2, 0.25) is 5.91 Å². The third-order valence-corrected chi connectivity index (χ3v) is 12.4. The van der Waals surface area contributed by atoms with Crippen LogP contribution in [0.3, 0.4) is 0 Å². The zero-order chi connectivity index (χ0) is 28.1. The molecule has 1 N–H and O–H groups in total. The second kappa shape index (κ2) is 10.8. The number of nitrogens with zero attached hydrogens (tertiary/aromatic N) is 4. The first-order valence-electron chi connectivity index (χ1n) is 15.9. The number of hydrogen-bond donors (Lipinski definition) is 1. The molecular weight excluding hydrogens is 500 g/mol. The molecule has 0 bridgehead atoms. The van der Waals surface area contributed by atoms with Crippen molar-refractivity contribution in [1.29, 1.82) is 0 Å². The average molecular weight is 549 g/mol. The molecule has 1 unspecified atom stereocenters. The highest BCUT2D eigenvalue weighted by atomic mass is 16.3. The van der Waals surface area contributed by atoms with E-state index < -0.39 is 0 Å². The van der Waals surface area contributed by atoms with Gasteiger partial charge in [-0.1, -0.05) is 32.4 Å². The summed E-state index contributed by atoms with van der Waals surface area (Å²) >= 11 is 0. The minimum atomic E-state index is -0.139. The molecular formula is C33H48N4O3. The molecule has 0 spiro atoms. The molecule has 0 aromatic carbocycles. The number of aliphatic hydroxyl groups is 1. The second-order valence-electron chi connectivity index (χ2n) is 14.2. The van der Waals surface area contributed by atoms with Crippen molar-refractivity contribution in [3.63, 3.8) is 0 Å². The number of fused-ring (bicyclic) bond motifs is 5. The molecule has 5 aliphatic rings. The number of allylic oxidation sites excluding steroid dienone is 1. The third-order valence-electron chi connectivity index (χ3n) is 12.4. The van der Waals surface area contributed by atoms with Crippen LogP contribution in [-0.4, -0.2) is 69.0 Å². The standard InChI is InChI=1S/C33H48N4O3/c1-22(4-9-30(39)36-16-18-37(19-17-36)31(40)29-12-15-34-21-35-29)26-7-8-27-25-6-5-23-20-24(38)10-13-32(23,2)28(25)11-14-33(26,27)3/h5,12,15,21-22,24-28,38H,4,6-11,13-14,16-20H2,1-3H3/t22?,24-,25-,26+,27-,28-,32-,33+/m0/s1. The largest absolute Gasteiger partial charge is 0.393 e. The fraction of sp³-hybridized carbons (Fsp3) is 0.758.